The molecule has 0 saturated heterocycles. The van der Waals surface area contributed by atoms with Gasteiger partial charge in [0.2, 0.25) is 0 Å². The Balaban J connectivity index is 1.14. The lowest BCUT2D eigenvalue weighted by molar-refractivity contribution is 0.669. The summed E-state index contributed by atoms with van der Waals surface area (Å²) in [6.07, 6.45) is 0. The van der Waals surface area contributed by atoms with Gasteiger partial charge in [0.1, 0.15) is 11.2 Å². The first-order valence-corrected chi connectivity index (χ1v) is 16.9. The van der Waals surface area contributed by atoms with Gasteiger partial charge in [-0.3, -0.25) is 0 Å². The van der Waals surface area contributed by atoms with Gasteiger partial charge in [-0.25, -0.2) is 0 Å². The summed E-state index contributed by atoms with van der Waals surface area (Å²) in [4.78, 5) is 0. The summed E-state index contributed by atoms with van der Waals surface area (Å²) < 4.78 is 10.8. The van der Waals surface area contributed by atoms with E-state index >= 15 is 0 Å². The van der Waals surface area contributed by atoms with Crippen LogP contribution in [0.5, 0.6) is 0 Å². The molecule has 6 nitrogen and oxygen atoms in total. The van der Waals surface area contributed by atoms with Crippen LogP contribution in [-0.2, 0) is 0 Å². The third-order valence-corrected chi connectivity index (χ3v) is 10.2. The molecule has 3 heterocycles. The van der Waals surface area contributed by atoms with Crippen LogP contribution >= 0.6 is 0 Å². The van der Waals surface area contributed by atoms with Gasteiger partial charge in [0.05, 0.1) is 57.0 Å². The Morgan fingerprint density at radius 1 is 0.423 bits per heavy atom. The van der Waals surface area contributed by atoms with Crippen LogP contribution in [0.1, 0.15) is 22.3 Å². The maximum Gasteiger partial charge on any atom is 0.135 e. The SMILES string of the molecule is Cc1ccc2c(c1)c1cc(C#N)ccc1n2-c1cccc(-c2ccc3oc4ccc(-n5c6ccc(C#N)cc6c6cc(C#N)ccc65)cc4c3c2)c1. The van der Waals surface area contributed by atoms with E-state index in [-0.39, 0.29) is 0 Å². The van der Waals surface area contributed by atoms with Gasteiger partial charge >= 0.3 is 0 Å². The Hall–Kier alpha value is -7.59. The molecular weight excluding hydrogens is 639 g/mol. The highest BCUT2D eigenvalue weighted by molar-refractivity contribution is 6.12. The number of hydrogen-bond acceptors (Lipinski definition) is 4. The number of fused-ring (bicyclic) bond motifs is 9. The van der Waals surface area contributed by atoms with Crippen molar-refractivity contribution in [2.24, 2.45) is 0 Å². The molecule has 6 heteroatoms. The summed E-state index contributed by atoms with van der Waals surface area (Å²) in [6.45, 7) is 2.09. The summed E-state index contributed by atoms with van der Waals surface area (Å²) in [5.41, 5.74) is 12.7. The number of nitriles is 3. The van der Waals surface area contributed by atoms with Crippen molar-refractivity contribution in [3.63, 3.8) is 0 Å². The zero-order valence-electron chi connectivity index (χ0n) is 27.8. The number of rotatable bonds is 3. The highest BCUT2D eigenvalue weighted by Crippen LogP contribution is 2.39. The number of aryl methyl sites for hydroxylation is 1. The highest BCUT2D eigenvalue weighted by Gasteiger charge is 2.17. The molecule has 0 fully saturated rings. The van der Waals surface area contributed by atoms with Crippen molar-refractivity contribution in [2.45, 2.75) is 6.92 Å². The van der Waals surface area contributed by atoms with Crippen LogP contribution in [0.15, 0.2) is 138 Å². The lowest BCUT2D eigenvalue weighted by atomic mass is 10.0. The second kappa shape index (κ2) is 11.0. The molecule has 0 unspecified atom stereocenters. The Morgan fingerprint density at radius 3 is 1.48 bits per heavy atom. The summed E-state index contributed by atoms with van der Waals surface area (Å²) in [5.74, 6) is 0. The van der Waals surface area contributed by atoms with Crippen molar-refractivity contribution < 1.29 is 4.42 Å². The molecule has 0 amide bonds. The van der Waals surface area contributed by atoms with E-state index < -0.39 is 0 Å². The Morgan fingerprint density at radius 2 is 0.904 bits per heavy atom. The van der Waals surface area contributed by atoms with Gasteiger partial charge in [0, 0.05) is 43.7 Å². The third-order valence-electron chi connectivity index (χ3n) is 10.2. The van der Waals surface area contributed by atoms with E-state index in [9.17, 15) is 15.8 Å². The summed E-state index contributed by atoms with van der Waals surface area (Å²) in [6, 6.07) is 51.7. The summed E-state index contributed by atoms with van der Waals surface area (Å²) >= 11 is 0. The molecule has 7 aromatic carbocycles. The fourth-order valence-electron chi connectivity index (χ4n) is 7.83. The lowest BCUT2D eigenvalue weighted by Gasteiger charge is -2.11. The number of benzene rings is 7. The first-order chi connectivity index (χ1) is 25.5. The molecule has 0 aliphatic rings. The summed E-state index contributed by atoms with van der Waals surface area (Å²) in [5, 5.41) is 34.9. The topological polar surface area (TPSA) is 94.4 Å². The van der Waals surface area contributed by atoms with Crippen LogP contribution in [-0.4, -0.2) is 9.13 Å². The molecule has 0 atom stereocenters. The van der Waals surface area contributed by atoms with Crippen molar-refractivity contribution in [3.05, 3.63) is 156 Å². The van der Waals surface area contributed by atoms with E-state index in [1.807, 2.05) is 66.7 Å². The second-order valence-electron chi connectivity index (χ2n) is 13.3. The zero-order chi connectivity index (χ0) is 35.1. The molecule has 0 radical (unpaired) electrons. The van der Waals surface area contributed by atoms with Gasteiger partial charge in [-0.15, -0.1) is 0 Å². The van der Waals surface area contributed by atoms with Crippen LogP contribution in [0, 0.1) is 40.9 Å². The Kier molecular flexibility index (Phi) is 6.18. The maximum atomic E-state index is 9.64. The van der Waals surface area contributed by atoms with Crippen LogP contribution in [0.4, 0.5) is 0 Å². The minimum absolute atomic E-state index is 0.572. The third kappa shape index (κ3) is 4.28. The quantitative estimate of drug-likeness (QED) is 0.188. The van der Waals surface area contributed by atoms with E-state index in [0.717, 1.165) is 88.1 Å². The van der Waals surface area contributed by atoms with Gasteiger partial charge in [0.15, 0.2) is 0 Å². The fraction of sp³-hybridized carbons (Fsp3) is 0.0217. The smallest absolute Gasteiger partial charge is 0.135 e. The van der Waals surface area contributed by atoms with Crippen molar-refractivity contribution in [1.82, 2.24) is 9.13 Å². The number of aromatic nitrogens is 2. The maximum absolute atomic E-state index is 9.64. The summed E-state index contributed by atoms with van der Waals surface area (Å²) in [7, 11) is 0. The second-order valence-corrected chi connectivity index (χ2v) is 13.3. The van der Waals surface area contributed by atoms with E-state index in [2.05, 4.69) is 101 Å². The molecule has 0 spiro atoms. The molecule has 10 aromatic rings. The highest BCUT2D eigenvalue weighted by atomic mass is 16.3. The molecule has 52 heavy (non-hydrogen) atoms. The zero-order valence-corrected chi connectivity index (χ0v) is 27.8. The van der Waals surface area contributed by atoms with Crippen LogP contribution in [0.3, 0.4) is 0 Å². The van der Waals surface area contributed by atoms with E-state index in [1.54, 1.807) is 0 Å². The van der Waals surface area contributed by atoms with E-state index in [4.69, 9.17) is 4.42 Å². The molecule has 0 aliphatic carbocycles. The lowest BCUT2D eigenvalue weighted by Crippen LogP contribution is -1.94. The molecule has 0 saturated carbocycles. The fourth-order valence-corrected chi connectivity index (χ4v) is 7.83. The van der Waals surface area contributed by atoms with Gasteiger partial charge in [0.25, 0.3) is 0 Å². The van der Waals surface area contributed by atoms with Crippen LogP contribution in [0.2, 0.25) is 0 Å². The minimum Gasteiger partial charge on any atom is -0.456 e. The molecule has 0 aliphatic heterocycles. The van der Waals surface area contributed by atoms with E-state index in [1.165, 1.54) is 5.56 Å². The molecular formula is C46H25N5O. The predicted molar refractivity (Wildman–Crippen MR) is 207 cm³/mol. The first kappa shape index (κ1) is 29.3. The molecule has 0 N–H and O–H groups in total. The molecule has 240 valence electrons. The Bertz CT molecular complexity index is 3230. The average Bonchev–Trinajstić information content (AvgIpc) is 3.83. The first-order valence-electron chi connectivity index (χ1n) is 16.9. The van der Waals surface area contributed by atoms with Crippen LogP contribution in [0.25, 0.3) is 88.1 Å². The number of furan rings is 1. The molecule has 3 aromatic heterocycles. The molecule has 10 rings (SSSR count). The van der Waals surface area contributed by atoms with Gasteiger partial charge < -0.3 is 13.6 Å². The van der Waals surface area contributed by atoms with Gasteiger partial charge in [-0.2, -0.15) is 15.8 Å². The Labute approximate surface area is 297 Å². The standard InChI is InChI=1S/C46H25N5O/c1-27-5-11-41-35(17-27)36-18-28(24-47)6-12-42(36)50(41)33-4-2-3-31(21-33)32-9-15-45-39(22-32)40-23-34(10-16-46(40)52-45)51-43-13-7-29(25-48)19-37(43)38-20-30(26-49)8-14-44(38)51/h2-23H,1H3. The average molecular weight is 664 g/mol. The van der Waals surface area contributed by atoms with Crippen molar-refractivity contribution in [2.75, 3.05) is 0 Å². The van der Waals surface area contributed by atoms with Crippen molar-refractivity contribution in [1.29, 1.82) is 15.8 Å². The normalized spacial score (nSPS) is 11.5. The number of nitrogens with zero attached hydrogens (tertiary/aromatic N) is 5. The molecule has 0 bridgehead atoms. The predicted octanol–water partition coefficient (Wildman–Crippen LogP) is 11.4. The minimum atomic E-state index is 0.572. The van der Waals surface area contributed by atoms with Crippen molar-refractivity contribution in [3.8, 4) is 40.7 Å². The van der Waals surface area contributed by atoms with E-state index in [0.29, 0.717) is 16.7 Å². The van der Waals surface area contributed by atoms with Gasteiger partial charge in [-0.05, 0) is 127 Å². The largest absolute Gasteiger partial charge is 0.456 e. The number of hydrogen-bond donors (Lipinski definition) is 0. The van der Waals surface area contributed by atoms with Crippen LogP contribution < -0.4 is 0 Å². The monoisotopic (exact) mass is 663 g/mol. The van der Waals surface area contributed by atoms with Gasteiger partial charge in [-0.1, -0.05) is 29.8 Å². The van der Waals surface area contributed by atoms with Crippen molar-refractivity contribution >= 4 is 65.6 Å².